The summed E-state index contributed by atoms with van der Waals surface area (Å²) in [7, 11) is 0.674. The molecule has 1 saturated carbocycles. The molecule has 1 fully saturated rings. The summed E-state index contributed by atoms with van der Waals surface area (Å²) in [5.74, 6) is -2.39. The average molecular weight is 377 g/mol. The number of benzene rings is 2. The molecule has 2 aromatic carbocycles. The zero-order valence-electron chi connectivity index (χ0n) is 14.9. The van der Waals surface area contributed by atoms with Gasteiger partial charge in [0.05, 0.1) is 6.04 Å². The summed E-state index contributed by atoms with van der Waals surface area (Å²) in [4.78, 5) is 15.1. The van der Waals surface area contributed by atoms with Crippen LogP contribution in [0.25, 0.3) is 0 Å². The predicted molar refractivity (Wildman–Crippen MR) is 97.2 cm³/mol. The van der Waals surface area contributed by atoms with E-state index in [1.54, 1.807) is 36.4 Å². The molecule has 0 unspecified atom stereocenters. The van der Waals surface area contributed by atoms with Crippen molar-refractivity contribution in [3.05, 3.63) is 65.2 Å². The number of carbonyl (C=O) groups is 1. The molecule has 0 spiro atoms. The number of amides is 1. The van der Waals surface area contributed by atoms with Crippen LogP contribution in [0.5, 0.6) is 0 Å². The maximum atomic E-state index is 13.9. The number of hydrogen-bond donors (Lipinski definition) is 0. The van der Waals surface area contributed by atoms with Crippen LogP contribution in [0, 0.1) is 17.6 Å². The Bertz CT molecular complexity index is 853. The Morgan fingerprint density at radius 2 is 1.85 bits per heavy atom. The van der Waals surface area contributed by atoms with E-state index in [-0.39, 0.29) is 29.3 Å². The van der Waals surface area contributed by atoms with Crippen LogP contribution < -0.4 is 0 Å². The van der Waals surface area contributed by atoms with Gasteiger partial charge in [0, 0.05) is 34.9 Å². The van der Waals surface area contributed by atoms with E-state index in [2.05, 4.69) is 0 Å². The van der Waals surface area contributed by atoms with Crippen LogP contribution in [0.3, 0.4) is 0 Å². The van der Waals surface area contributed by atoms with Gasteiger partial charge in [0.15, 0.2) is 11.6 Å². The van der Waals surface area contributed by atoms with E-state index in [0.29, 0.717) is 6.42 Å². The highest BCUT2D eigenvalue weighted by Crippen LogP contribution is 2.50. The number of halogens is 2. The van der Waals surface area contributed by atoms with Crippen molar-refractivity contribution >= 4 is 16.7 Å². The average Bonchev–Trinajstić information content (AvgIpc) is 3.42. The van der Waals surface area contributed by atoms with E-state index in [1.807, 2.05) is 19.1 Å². The molecule has 0 aromatic heterocycles. The van der Waals surface area contributed by atoms with Gasteiger partial charge < -0.3 is 4.90 Å². The Morgan fingerprint density at radius 3 is 2.46 bits per heavy atom. The van der Waals surface area contributed by atoms with Crippen LogP contribution in [0.15, 0.2) is 47.4 Å². The molecule has 0 aliphatic heterocycles. The van der Waals surface area contributed by atoms with Gasteiger partial charge >= 0.3 is 0 Å². The second kappa shape index (κ2) is 7.27. The third-order valence-corrected chi connectivity index (χ3v) is 6.05. The van der Waals surface area contributed by atoms with Crippen molar-refractivity contribution in [2.45, 2.75) is 30.2 Å². The zero-order chi connectivity index (χ0) is 19.0. The Balaban J connectivity index is 1.70. The van der Waals surface area contributed by atoms with Gasteiger partial charge in [0.25, 0.3) is 0 Å². The van der Waals surface area contributed by atoms with Crippen LogP contribution in [0.2, 0.25) is 0 Å². The number of rotatable bonds is 5. The predicted octanol–water partition coefficient (Wildman–Crippen LogP) is 4.03. The fraction of sp³-hybridized carbons (Fsp3) is 0.350. The highest BCUT2D eigenvalue weighted by atomic mass is 32.2. The summed E-state index contributed by atoms with van der Waals surface area (Å²) in [6.07, 6.45) is 2.15. The molecule has 26 heavy (non-hydrogen) atoms. The molecule has 3 nitrogen and oxygen atoms in total. The largest absolute Gasteiger partial charge is 0.339 e. The van der Waals surface area contributed by atoms with Crippen LogP contribution in [0.4, 0.5) is 8.78 Å². The Kier molecular flexibility index (Phi) is 5.23. The van der Waals surface area contributed by atoms with E-state index >= 15 is 0 Å². The lowest BCUT2D eigenvalue weighted by Gasteiger charge is -2.26. The minimum absolute atomic E-state index is 0.0747. The smallest absolute Gasteiger partial charge is 0.226 e. The summed E-state index contributed by atoms with van der Waals surface area (Å²) < 4.78 is 38.8. The van der Waals surface area contributed by atoms with Gasteiger partial charge in [-0.1, -0.05) is 24.3 Å². The summed E-state index contributed by atoms with van der Waals surface area (Å²) in [6.45, 7) is 1.91. The van der Waals surface area contributed by atoms with E-state index in [1.165, 1.54) is 6.07 Å². The molecule has 1 amide bonds. The summed E-state index contributed by atoms with van der Waals surface area (Å²) in [5, 5.41) is 0. The molecule has 3 rings (SSSR count). The third-order valence-electron chi connectivity index (χ3n) is 5.11. The molecule has 0 radical (unpaired) electrons. The van der Waals surface area contributed by atoms with Crippen LogP contribution in [-0.4, -0.2) is 28.3 Å². The van der Waals surface area contributed by atoms with Crippen LogP contribution in [-0.2, 0) is 15.6 Å². The van der Waals surface area contributed by atoms with E-state index in [4.69, 9.17) is 0 Å². The highest BCUT2D eigenvalue weighted by Gasteiger charge is 2.47. The Morgan fingerprint density at radius 1 is 1.19 bits per heavy atom. The fourth-order valence-electron chi connectivity index (χ4n) is 3.23. The molecular formula is C20H21F2NO2S. The molecule has 138 valence electrons. The van der Waals surface area contributed by atoms with Gasteiger partial charge in [-0.2, -0.15) is 0 Å². The van der Waals surface area contributed by atoms with Crippen molar-refractivity contribution in [1.82, 2.24) is 4.90 Å². The number of carbonyl (C=O) groups excluding carboxylic acids is 1. The molecule has 6 heteroatoms. The minimum Gasteiger partial charge on any atom is -0.339 e. The van der Waals surface area contributed by atoms with E-state index in [9.17, 15) is 17.8 Å². The van der Waals surface area contributed by atoms with Crippen LogP contribution >= 0.6 is 0 Å². The lowest BCUT2D eigenvalue weighted by molar-refractivity contribution is -0.133. The maximum Gasteiger partial charge on any atom is 0.226 e. The van der Waals surface area contributed by atoms with Gasteiger partial charge in [0.1, 0.15) is 0 Å². The number of hydrogen-bond acceptors (Lipinski definition) is 2. The van der Waals surface area contributed by atoms with E-state index in [0.717, 1.165) is 16.5 Å². The normalized spacial score (nSPS) is 21.1. The Hall–Kier alpha value is -2.08. The lowest BCUT2D eigenvalue weighted by Crippen LogP contribution is -2.31. The topological polar surface area (TPSA) is 37.4 Å². The second-order valence-electron chi connectivity index (χ2n) is 6.74. The van der Waals surface area contributed by atoms with Crippen molar-refractivity contribution in [2.24, 2.45) is 5.92 Å². The molecule has 0 heterocycles. The molecule has 1 aliphatic carbocycles. The SMILES string of the molecule is C[C@H](c1ccc([S@](C)=O)cc1)N(C)C(=O)[C@@H]1C[C@H]1c1cccc(F)c1F. The molecule has 2 aromatic rings. The molecule has 0 bridgehead atoms. The first-order valence-corrected chi connectivity index (χ1v) is 10.0. The summed E-state index contributed by atoms with van der Waals surface area (Å²) in [6, 6.07) is 11.2. The van der Waals surface area contributed by atoms with Crippen LogP contribution in [0.1, 0.15) is 36.4 Å². The molecule has 1 aliphatic rings. The van der Waals surface area contributed by atoms with Crippen molar-refractivity contribution in [3.63, 3.8) is 0 Å². The van der Waals surface area contributed by atoms with Gasteiger partial charge in [-0.05, 0) is 48.6 Å². The first kappa shape index (κ1) is 18.7. The van der Waals surface area contributed by atoms with Crippen molar-refractivity contribution in [1.29, 1.82) is 0 Å². The van der Waals surface area contributed by atoms with Crippen molar-refractivity contribution in [3.8, 4) is 0 Å². The first-order valence-electron chi connectivity index (χ1n) is 8.45. The lowest BCUT2D eigenvalue weighted by atomic mass is 10.1. The first-order chi connectivity index (χ1) is 12.3. The fourth-order valence-corrected chi connectivity index (χ4v) is 3.75. The molecule has 0 N–H and O–H groups in total. The zero-order valence-corrected chi connectivity index (χ0v) is 15.7. The molecule has 0 saturated heterocycles. The third kappa shape index (κ3) is 3.56. The maximum absolute atomic E-state index is 13.9. The Labute approximate surface area is 154 Å². The standard InChI is InChI=1S/C20H21F2NO2S/c1-12(13-7-9-14(10-8-13)26(3)25)23(2)20(24)17-11-16(17)15-5-4-6-18(21)19(15)22/h4-10,12,16-17H,11H2,1-3H3/t12-,16+,17-,26+/m1/s1. The monoisotopic (exact) mass is 377 g/mol. The summed E-state index contributed by atoms with van der Waals surface area (Å²) >= 11 is 0. The van der Waals surface area contributed by atoms with Gasteiger partial charge in [-0.3, -0.25) is 9.00 Å². The van der Waals surface area contributed by atoms with Gasteiger partial charge in [-0.15, -0.1) is 0 Å². The minimum atomic E-state index is -1.04. The summed E-state index contributed by atoms with van der Waals surface area (Å²) in [5.41, 5.74) is 1.21. The highest BCUT2D eigenvalue weighted by molar-refractivity contribution is 7.84. The number of nitrogens with zero attached hydrogens (tertiary/aromatic N) is 1. The van der Waals surface area contributed by atoms with Crippen molar-refractivity contribution in [2.75, 3.05) is 13.3 Å². The van der Waals surface area contributed by atoms with Gasteiger partial charge in [-0.25, -0.2) is 8.78 Å². The van der Waals surface area contributed by atoms with Crippen molar-refractivity contribution < 1.29 is 17.8 Å². The molecule has 4 atom stereocenters. The quantitative estimate of drug-likeness (QED) is 0.789. The van der Waals surface area contributed by atoms with E-state index < -0.39 is 22.4 Å². The van der Waals surface area contributed by atoms with Gasteiger partial charge in [0.2, 0.25) is 5.91 Å². The second-order valence-corrected chi connectivity index (χ2v) is 8.12. The molecular weight excluding hydrogens is 356 g/mol.